The molecule has 0 spiro atoms. The molecular formula is C18H16N2O4S2. The van der Waals surface area contributed by atoms with Crippen LogP contribution in [0, 0.1) is 6.92 Å². The maximum Gasteiger partial charge on any atom is 0.343 e. The lowest BCUT2D eigenvalue weighted by Crippen LogP contribution is -2.13. The third-order valence-corrected chi connectivity index (χ3v) is 5.61. The van der Waals surface area contributed by atoms with Crippen LogP contribution in [0.1, 0.15) is 15.4 Å². The number of carbonyl (C=O) groups is 2. The van der Waals surface area contributed by atoms with Crippen LogP contribution < -0.4 is 10.1 Å². The second kappa shape index (κ2) is 8.11. The third kappa shape index (κ3) is 4.27. The maximum atomic E-state index is 12.6. The summed E-state index contributed by atoms with van der Waals surface area (Å²) in [7, 11) is 1.30. The molecule has 3 rings (SSSR count). The Bertz CT molecular complexity index is 919. The van der Waals surface area contributed by atoms with Gasteiger partial charge in [0.05, 0.1) is 17.7 Å². The van der Waals surface area contributed by atoms with Crippen LogP contribution in [-0.2, 0) is 9.53 Å². The largest absolute Gasteiger partial charge is 0.482 e. The summed E-state index contributed by atoms with van der Waals surface area (Å²) >= 11 is 2.95. The predicted octanol–water partition coefficient (Wildman–Crippen LogP) is 3.98. The summed E-state index contributed by atoms with van der Waals surface area (Å²) in [6.07, 6.45) is 0. The van der Waals surface area contributed by atoms with E-state index in [9.17, 15) is 9.59 Å². The smallest absolute Gasteiger partial charge is 0.343 e. The zero-order chi connectivity index (χ0) is 18.5. The number of aromatic nitrogens is 1. The van der Waals surface area contributed by atoms with Gasteiger partial charge in [-0.3, -0.25) is 4.79 Å². The van der Waals surface area contributed by atoms with Gasteiger partial charge in [-0.25, -0.2) is 9.78 Å². The van der Waals surface area contributed by atoms with E-state index >= 15 is 0 Å². The van der Waals surface area contributed by atoms with Crippen LogP contribution >= 0.6 is 22.7 Å². The number of nitrogens with one attached hydrogen (secondary N) is 1. The summed E-state index contributed by atoms with van der Waals surface area (Å²) in [6.45, 7) is 1.63. The third-order valence-electron chi connectivity index (χ3n) is 3.41. The van der Waals surface area contributed by atoms with Crippen molar-refractivity contribution in [3.8, 4) is 15.6 Å². The number of carbonyl (C=O) groups excluding carboxylic acids is 2. The Morgan fingerprint density at radius 1 is 1.23 bits per heavy atom. The van der Waals surface area contributed by atoms with E-state index in [0.717, 1.165) is 9.88 Å². The minimum absolute atomic E-state index is 0.188. The minimum atomic E-state index is -0.471. The summed E-state index contributed by atoms with van der Waals surface area (Å²) < 4.78 is 9.86. The van der Waals surface area contributed by atoms with Crippen molar-refractivity contribution in [2.24, 2.45) is 0 Å². The summed E-state index contributed by atoms with van der Waals surface area (Å²) in [5, 5.41) is 5.65. The fourth-order valence-electron chi connectivity index (χ4n) is 2.17. The molecule has 0 saturated carbocycles. The zero-order valence-electron chi connectivity index (χ0n) is 14.1. The van der Waals surface area contributed by atoms with Crippen LogP contribution in [0.4, 0.5) is 5.69 Å². The van der Waals surface area contributed by atoms with E-state index in [2.05, 4.69) is 15.0 Å². The molecule has 0 radical (unpaired) electrons. The zero-order valence-corrected chi connectivity index (χ0v) is 15.8. The van der Waals surface area contributed by atoms with Gasteiger partial charge in [-0.2, -0.15) is 0 Å². The van der Waals surface area contributed by atoms with Crippen LogP contribution in [0.15, 0.2) is 41.8 Å². The van der Waals surface area contributed by atoms with Gasteiger partial charge in [0.25, 0.3) is 5.91 Å². The van der Waals surface area contributed by atoms with E-state index in [1.54, 1.807) is 35.6 Å². The summed E-state index contributed by atoms with van der Waals surface area (Å²) in [5.74, 6) is -0.234. The molecule has 0 atom stereocenters. The summed E-state index contributed by atoms with van der Waals surface area (Å²) in [4.78, 5) is 29.8. The van der Waals surface area contributed by atoms with Crippen LogP contribution in [0.3, 0.4) is 0 Å². The quantitative estimate of drug-likeness (QED) is 0.646. The number of anilines is 1. The van der Waals surface area contributed by atoms with Crippen molar-refractivity contribution in [1.82, 2.24) is 4.98 Å². The Hall–Kier alpha value is -2.71. The summed E-state index contributed by atoms with van der Waals surface area (Å²) in [5.41, 5.74) is 1.26. The highest BCUT2D eigenvalue weighted by atomic mass is 32.1. The van der Waals surface area contributed by atoms with Crippen molar-refractivity contribution in [2.75, 3.05) is 19.0 Å². The van der Waals surface area contributed by atoms with Crippen molar-refractivity contribution in [2.45, 2.75) is 6.92 Å². The number of thiazole rings is 1. The van der Waals surface area contributed by atoms with E-state index in [-0.39, 0.29) is 12.5 Å². The van der Waals surface area contributed by atoms with Crippen LogP contribution in [0.5, 0.6) is 5.75 Å². The van der Waals surface area contributed by atoms with Gasteiger partial charge < -0.3 is 14.8 Å². The Balaban J connectivity index is 1.71. The monoisotopic (exact) mass is 388 g/mol. The second-order valence-corrected chi connectivity index (χ2v) is 7.20. The summed E-state index contributed by atoms with van der Waals surface area (Å²) in [6, 6.07) is 10.8. The Labute approximate surface area is 158 Å². The maximum absolute atomic E-state index is 12.6. The highest BCUT2D eigenvalue weighted by Crippen LogP contribution is 2.31. The van der Waals surface area contributed by atoms with Crippen molar-refractivity contribution in [3.05, 3.63) is 52.3 Å². The van der Waals surface area contributed by atoms with E-state index in [0.29, 0.717) is 22.0 Å². The first kappa shape index (κ1) is 18.1. The molecule has 26 heavy (non-hydrogen) atoms. The number of thiophene rings is 1. The first-order valence-corrected chi connectivity index (χ1v) is 9.39. The lowest BCUT2D eigenvalue weighted by Gasteiger charge is -2.08. The van der Waals surface area contributed by atoms with Gasteiger partial charge in [0.15, 0.2) is 6.61 Å². The van der Waals surface area contributed by atoms with E-state index in [1.807, 2.05) is 24.4 Å². The topological polar surface area (TPSA) is 77.5 Å². The molecule has 1 N–H and O–H groups in total. The first-order chi connectivity index (χ1) is 12.6. The molecule has 2 aromatic heterocycles. The van der Waals surface area contributed by atoms with Crippen molar-refractivity contribution in [1.29, 1.82) is 0 Å². The average Bonchev–Trinajstić information content (AvgIpc) is 3.29. The number of hydrogen-bond donors (Lipinski definition) is 1. The van der Waals surface area contributed by atoms with Gasteiger partial charge in [0.1, 0.15) is 15.6 Å². The lowest BCUT2D eigenvalue weighted by atomic mass is 10.3. The SMILES string of the molecule is COC(=O)COc1cccc(NC(=O)c2sc(-c3cccs3)nc2C)c1. The molecule has 134 valence electrons. The van der Waals surface area contributed by atoms with Gasteiger partial charge in [-0.15, -0.1) is 22.7 Å². The number of benzene rings is 1. The van der Waals surface area contributed by atoms with E-state index < -0.39 is 5.97 Å². The lowest BCUT2D eigenvalue weighted by molar-refractivity contribution is -0.142. The molecule has 0 aliphatic carbocycles. The molecule has 0 unspecified atom stereocenters. The number of ether oxygens (including phenoxy) is 2. The molecule has 1 amide bonds. The molecular weight excluding hydrogens is 372 g/mol. The van der Waals surface area contributed by atoms with Crippen molar-refractivity contribution >= 4 is 40.2 Å². The Kier molecular flexibility index (Phi) is 5.65. The highest BCUT2D eigenvalue weighted by Gasteiger charge is 2.17. The van der Waals surface area contributed by atoms with Crippen LogP contribution in [0.25, 0.3) is 9.88 Å². The van der Waals surface area contributed by atoms with Gasteiger partial charge in [0.2, 0.25) is 0 Å². The fourth-order valence-corrected chi connectivity index (χ4v) is 3.92. The molecule has 0 aliphatic heterocycles. The molecule has 0 bridgehead atoms. The van der Waals surface area contributed by atoms with E-state index in [4.69, 9.17) is 4.74 Å². The first-order valence-electron chi connectivity index (χ1n) is 7.69. The molecule has 6 nitrogen and oxygen atoms in total. The molecule has 2 heterocycles. The number of amides is 1. The van der Waals surface area contributed by atoms with Gasteiger partial charge in [-0.1, -0.05) is 12.1 Å². The molecule has 0 aliphatic rings. The number of rotatable bonds is 6. The van der Waals surface area contributed by atoms with Gasteiger partial charge >= 0.3 is 5.97 Å². The van der Waals surface area contributed by atoms with Gasteiger partial charge in [-0.05, 0) is 30.5 Å². The van der Waals surface area contributed by atoms with Crippen LogP contribution in [-0.4, -0.2) is 30.6 Å². The van der Waals surface area contributed by atoms with Gasteiger partial charge in [0, 0.05) is 11.8 Å². The standard InChI is InChI=1S/C18H16N2O4S2/c1-11-16(26-18(19-11)14-7-4-8-25-14)17(22)20-12-5-3-6-13(9-12)24-10-15(21)23-2/h3-9H,10H2,1-2H3,(H,20,22). The number of aryl methyl sites for hydroxylation is 1. The predicted molar refractivity (Wildman–Crippen MR) is 102 cm³/mol. The number of nitrogens with zero attached hydrogens (tertiary/aromatic N) is 1. The number of hydrogen-bond acceptors (Lipinski definition) is 7. The van der Waals surface area contributed by atoms with Crippen molar-refractivity contribution < 1.29 is 19.1 Å². The minimum Gasteiger partial charge on any atom is -0.482 e. The molecule has 0 fully saturated rings. The molecule has 0 saturated heterocycles. The molecule has 3 aromatic rings. The Morgan fingerprint density at radius 2 is 2.08 bits per heavy atom. The average molecular weight is 388 g/mol. The van der Waals surface area contributed by atoms with E-state index in [1.165, 1.54) is 18.4 Å². The molecule has 1 aromatic carbocycles. The Morgan fingerprint density at radius 3 is 2.81 bits per heavy atom. The fraction of sp³-hybridized carbons (Fsp3) is 0.167. The normalized spacial score (nSPS) is 10.4. The number of methoxy groups -OCH3 is 1. The molecule has 8 heteroatoms. The highest BCUT2D eigenvalue weighted by molar-refractivity contribution is 7.22. The number of esters is 1. The van der Waals surface area contributed by atoms with Crippen LogP contribution in [0.2, 0.25) is 0 Å². The van der Waals surface area contributed by atoms with Crippen molar-refractivity contribution in [3.63, 3.8) is 0 Å². The second-order valence-electron chi connectivity index (χ2n) is 5.26.